The fraction of sp³-hybridized carbons (Fsp3) is 0.595. The predicted octanol–water partition coefficient (Wildman–Crippen LogP) is 7.07. The smallest absolute Gasteiger partial charge is 0.338 e. The van der Waals surface area contributed by atoms with Crippen molar-refractivity contribution in [1.82, 2.24) is 0 Å². The molecule has 8 atom stereocenters. The van der Waals surface area contributed by atoms with E-state index >= 15 is 9.59 Å². The summed E-state index contributed by atoms with van der Waals surface area (Å²) in [4.78, 5) is 45.3. The number of methoxy groups -OCH3 is 1. The molecule has 293 valence electrons. The lowest BCUT2D eigenvalue weighted by atomic mass is 9.46. The molecule has 12 heteroatoms. The molecule has 6 rings (SSSR count). The summed E-state index contributed by atoms with van der Waals surface area (Å²) < 4.78 is 38.5. The van der Waals surface area contributed by atoms with E-state index in [1.807, 2.05) is 44.3 Å². The van der Waals surface area contributed by atoms with Gasteiger partial charge in [0.2, 0.25) is 5.78 Å². The Morgan fingerprint density at radius 3 is 2.20 bits per heavy atom. The zero-order valence-electron chi connectivity index (χ0n) is 33.6. The lowest BCUT2D eigenvalue weighted by Gasteiger charge is -2.62. The zero-order chi connectivity index (χ0) is 39.6. The number of aliphatic hydroxyl groups is 1. The average molecular weight is 778 g/mol. The Bertz CT molecular complexity index is 1780. The van der Waals surface area contributed by atoms with Gasteiger partial charge in [-0.2, -0.15) is 0 Å². The molecule has 2 saturated carbocycles. The summed E-state index contributed by atoms with van der Waals surface area (Å²) in [5, 5.41) is 13.4. The van der Waals surface area contributed by atoms with Gasteiger partial charge in [0, 0.05) is 17.3 Å². The molecule has 1 saturated heterocycles. The molecule has 1 radical (unpaired) electrons. The molecule has 54 heavy (non-hydrogen) atoms. The molecule has 2 bridgehead atoms. The van der Waals surface area contributed by atoms with Crippen LogP contribution in [0.2, 0.25) is 31.2 Å². The normalized spacial score (nSPS) is 33.4. The summed E-state index contributed by atoms with van der Waals surface area (Å²) in [5.74, 6) is -2.86. The molecule has 1 aliphatic heterocycles. The summed E-state index contributed by atoms with van der Waals surface area (Å²) in [5.41, 5.74) is -5.10. The number of ketones is 2. The van der Waals surface area contributed by atoms with Crippen LogP contribution in [-0.4, -0.2) is 83.2 Å². The van der Waals surface area contributed by atoms with Crippen LogP contribution in [0.3, 0.4) is 0 Å². The highest BCUT2D eigenvalue weighted by molar-refractivity contribution is 6.74. The Labute approximate surface area is 322 Å². The van der Waals surface area contributed by atoms with Gasteiger partial charge >= 0.3 is 5.97 Å². The van der Waals surface area contributed by atoms with E-state index in [4.69, 9.17) is 27.8 Å². The molecular formula is C42H57O10Si2. The molecule has 1 heterocycles. The molecule has 1 N–H and O–H groups in total. The van der Waals surface area contributed by atoms with E-state index in [1.54, 1.807) is 57.4 Å². The topological polar surface area (TPSA) is 130 Å². The minimum atomic E-state index is -2.54. The Morgan fingerprint density at radius 2 is 1.65 bits per heavy atom. The largest absolute Gasteiger partial charge is 0.540 e. The van der Waals surface area contributed by atoms with Gasteiger partial charge in [0.25, 0.3) is 9.04 Å². The summed E-state index contributed by atoms with van der Waals surface area (Å²) in [6, 6.07) is 15.9. The first-order valence-corrected chi connectivity index (χ1v) is 24.3. The van der Waals surface area contributed by atoms with Crippen molar-refractivity contribution in [2.24, 2.45) is 22.7 Å². The van der Waals surface area contributed by atoms with E-state index in [2.05, 4.69) is 33.9 Å². The quantitative estimate of drug-likeness (QED) is 0.152. The van der Waals surface area contributed by atoms with Gasteiger partial charge in [-0.3, -0.25) is 9.59 Å². The average Bonchev–Trinajstić information content (AvgIpc) is 3.89. The van der Waals surface area contributed by atoms with E-state index in [-0.39, 0.29) is 35.4 Å². The van der Waals surface area contributed by atoms with Crippen molar-refractivity contribution in [3.05, 3.63) is 77.6 Å². The van der Waals surface area contributed by atoms with Crippen molar-refractivity contribution in [3.63, 3.8) is 0 Å². The van der Waals surface area contributed by atoms with Crippen LogP contribution < -0.4 is 4.74 Å². The molecule has 3 aliphatic carbocycles. The monoisotopic (exact) mass is 777 g/mol. The van der Waals surface area contributed by atoms with Crippen molar-refractivity contribution in [3.8, 4) is 5.75 Å². The second kappa shape index (κ2) is 14.1. The molecule has 2 aromatic carbocycles. The number of fused-ring (bicyclic) bond motifs is 4. The summed E-state index contributed by atoms with van der Waals surface area (Å²) in [7, 11) is -2.47. The fourth-order valence-corrected chi connectivity index (χ4v) is 10.8. The molecule has 0 amide bonds. The van der Waals surface area contributed by atoms with Gasteiger partial charge in [-0.25, -0.2) is 4.79 Å². The van der Waals surface area contributed by atoms with Crippen LogP contribution in [0.25, 0.3) is 0 Å². The lowest BCUT2D eigenvalue weighted by molar-refractivity contribution is -0.239. The maximum atomic E-state index is 16.0. The van der Waals surface area contributed by atoms with E-state index in [0.29, 0.717) is 18.6 Å². The Balaban J connectivity index is 1.60. The second-order valence-electron chi connectivity index (χ2n) is 18.0. The molecular weight excluding hydrogens is 721 g/mol. The predicted molar refractivity (Wildman–Crippen MR) is 208 cm³/mol. The van der Waals surface area contributed by atoms with Crippen molar-refractivity contribution in [2.45, 2.75) is 122 Å². The maximum Gasteiger partial charge on any atom is 0.338 e. The van der Waals surface area contributed by atoms with Crippen LogP contribution in [0.5, 0.6) is 5.75 Å². The number of rotatable bonds is 10. The van der Waals surface area contributed by atoms with Crippen molar-refractivity contribution in [1.29, 1.82) is 0 Å². The molecule has 0 aromatic heterocycles. The highest BCUT2D eigenvalue weighted by Crippen LogP contribution is 2.65. The second-order valence-corrected chi connectivity index (χ2v) is 24.8. The number of esters is 1. The number of ether oxygens (including phenoxy) is 4. The van der Waals surface area contributed by atoms with Gasteiger partial charge in [0.15, 0.2) is 19.7 Å². The number of epoxide rings is 1. The Kier molecular flexibility index (Phi) is 10.6. The van der Waals surface area contributed by atoms with Crippen molar-refractivity contribution < 1.29 is 47.3 Å². The molecule has 10 nitrogen and oxygen atoms in total. The minimum absolute atomic E-state index is 0.0495. The first-order valence-electron chi connectivity index (χ1n) is 19.0. The highest BCUT2D eigenvalue weighted by Gasteiger charge is 2.78. The van der Waals surface area contributed by atoms with Gasteiger partial charge in [-0.1, -0.05) is 65.0 Å². The van der Waals surface area contributed by atoms with Gasteiger partial charge in [0.1, 0.15) is 23.7 Å². The number of hydrogen-bond acceptors (Lipinski definition) is 10. The standard InChI is InChI=1S/C42H57O10Si2/c1-38(2,3)54(10,11)52-31-21-22-41(25-49-41)33-36(50-37(45)27-15-13-12-14-16-27)42(46)34(43)30(51-53(8)9)23-29(39(42,4)5)32(35(44)40(31,33)6)48-24-26-17-19-28(47-7)20-18-26/h12-20,23,29,31-33,36,46H,21-22,24-25H2,1-11H3/t29-,31+,32-,33+,36+,40-,41-,42-/m1/s1. The van der Waals surface area contributed by atoms with Crippen LogP contribution in [0, 0.1) is 22.7 Å². The van der Waals surface area contributed by atoms with E-state index in [9.17, 15) is 9.90 Å². The Morgan fingerprint density at radius 1 is 1.02 bits per heavy atom. The minimum Gasteiger partial charge on any atom is -0.540 e. The van der Waals surface area contributed by atoms with Crippen molar-refractivity contribution >= 4 is 34.9 Å². The van der Waals surface area contributed by atoms with E-state index < -0.39 is 81.3 Å². The third-order valence-corrected chi connectivity index (χ3v) is 18.3. The van der Waals surface area contributed by atoms with Crippen LogP contribution in [-0.2, 0) is 39.3 Å². The van der Waals surface area contributed by atoms with Crippen LogP contribution >= 0.6 is 0 Å². The van der Waals surface area contributed by atoms with Crippen LogP contribution in [0.4, 0.5) is 0 Å². The van der Waals surface area contributed by atoms with Gasteiger partial charge in [0.05, 0.1) is 43.0 Å². The van der Waals surface area contributed by atoms with Gasteiger partial charge in [-0.05, 0) is 86.9 Å². The molecule has 3 fully saturated rings. The summed E-state index contributed by atoms with van der Waals surface area (Å²) in [6.07, 6.45) is -0.671. The van der Waals surface area contributed by atoms with Crippen LogP contribution in [0.15, 0.2) is 66.4 Å². The number of benzene rings is 2. The van der Waals surface area contributed by atoms with E-state index in [1.165, 1.54) is 0 Å². The van der Waals surface area contributed by atoms with Crippen LogP contribution in [0.1, 0.15) is 70.3 Å². The molecule has 1 spiro atoms. The summed E-state index contributed by atoms with van der Waals surface area (Å²) >= 11 is 0. The SMILES string of the molecule is COc1ccc(CO[C@H]2C(=O)[C@]3(C)[C@@H](O[Si](C)(C)C(C)(C)C)CC[C@@]4(CO4)[C@H]3[C@H](OC(=O)c3ccccc3)[C@]3(O)C(=O)C(O[Si](C)C)=C[C@H]2C3(C)C)cc1. The molecule has 2 aromatic rings. The van der Waals surface area contributed by atoms with Crippen molar-refractivity contribution in [2.75, 3.05) is 13.7 Å². The zero-order valence-corrected chi connectivity index (χ0v) is 35.6. The molecule has 4 aliphatic rings. The lowest BCUT2D eigenvalue weighted by Crippen LogP contribution is -2.76. The van der Waals surface area contributed by atoms with Gasteiger partial charge < -0.3 is 32.9 Å². The third-order valence-electron chi connectivity index (χ3n) is 13.2. The highest BCUT2D eigenvalue weighted by atomic mass is 28.4. The molecule has 0 unspecified atom stereocenters. The third kappa shape index (κ3) is 6.64. The summed E-state index contributed by atoms with van der Waals surface area (Å²) in [6.45, 7) is 20.2. The first-order chi connectivity index (χ1) is 25.1. The maximum absolute atomic E-state index is 16.0. The number of carbonyl (C=O) groups excluding carboxylic acids is 3. The number of hydrogen-bond donors (Lipinski definition) is 1. The first kappa shape index (κ1) is 40.5. The Hall–Kier alpha value is -3.14. The fourth-order valence-electron chi connectivity index (χ4n) is 8.76. The number of Topliss-reactive ketones (excluding diaryl/α,β-unsaturated/α-hetero) is 2. The van der Waals surface area contributed by atoms with E-state index in [0.717, 1.165) is 5.56 Å². The number of carbonyl (C=O) groups is 3. The van der Waals surface area contributed by atoms with Gasteiger partial charge in [-0.15, -0.1) is 0 Å².